The fraction of sp³-hybridized carbons (Fsp3) is 0.250. The predicted octanol–water partition coefficient (Wildman–Crippen LogP) is 2.59. The monoisotopic (exact) mass is 634 g/mol. The van der Waals surface area contributed by atoms with Gasteiger partial charge in [0.15, 0.2) is 5.96 Å². The van der Waals surface area contributed by atoms with Crippen LogP contribution in [0.3, 0.4) is 0 Å². The molecule has 4 rings (SSSR count). The Bertz CT molecular complexity index is 1720. The van der Waals surface area contributed by atoms with Crippen LogP contribution in [-0.4, -0.2) is 48.1 Å². The zero-order valence-electron chi connectivity index (χ0n) is 26.2. The summed E-state index contributed by atoms with van der Waals surface area (Å²) in [5, 5.41) is 15.5. The van der Waals surface area contributed by atoms with E-state index in [-0.39, 0.29) is 30.7 Å². The number of primary amides is 1. The molecule has 0 saturated carbocycles. The number of aliphatic imine (C=N–C) groups is 1. The molecule has 11 N–H and O–H groups in total. The molecule has 4 aromatic carbocycles. The third-order valence-electron chi connectivity index (χ3n) is 8.00. The van der Waals surface area contributed by atoms with E-state index in [1.165, 1.54) is 0 Å². The number of hydrogen-bond acceptors (Lipinski definition) is 5. The van der Waals surface area contributed by atoms with Gasteiger partial charge in [-0.25, -0.2) is 0 Å². The van der Waals surface area contributed by atoms with E-state index in [1.54, 1.807) is 12.1 Å². The van der Waals surface area contributed by atoms with Crippen LogP contribution < -0.4 is 33.6 Å². The number of amides is 3. The Kier molecular flexibility index (Phi) is 12.0. The van der Waals surface area contributed by atoms with Crippen LogP contribution in [-0.2, 0) is 27.2 Å². The molecule has 11 nitrogen and oxygen atoms in total. The lowest BCUT2D eigenvalue weighted by Crippen LogP contribution is -2.53. The van der Waals surface area contributed by atoms with E-state index in [2.05, 4.69) is 15.6 Å². The molecule has 3 atom stereocenters. The maximum Gasteiger partial charge on any atom is 0.243 e. The average Bonchev–Trinajstić information content (AvgIpc) is 3.06. The first kappa shape index (κ1) is 34.2. The van der Waals surface area contributed by atoms with Crippen molar-refractivity contribution in [3.8, 4) is 0 Å². The van der Waals surface area contributed by atoms with Crippen molar-refractivity contribution in [2.75, 3.05) is 6.54 Å². The zero-order chi connectivity index (χ0) is 33.8. The van der Waals surface area contributed by atoms with Crippen molar-refractivity contribution in [1.29, 1.82) is 5.41 Å². The van der Waals surface area contributed by atoms with Crippen LogP contribution in [0, 0.1) is 5.41 Å². The van der Waals surface area contributed by atoms with Gasteiger partial charge < -0.3 is 33.6 Å². The Balaban J connectivity index is 1.61. The summed E-state index contributed by atoms with van der Waals surface area (Å²) in [5.74, 6) is -2.31. The maximum absolute atomic E-state index is 14.2. The van der Waals surface area contributed by atoms with Gasteiger partial charge in [0.25, 0.3) is 0 Å². The van der Waals surface area contributed by atoms with Gasteiger partial charge in [0.1, 0.15) is 17.9 Å². The molecule has 3 amide bonds. The van der Waals surface area contributed by atoms with Gasteiger partial charge in [0, 0.05) is 12.1 Å². The van der Waals surface area contributed by atoms with E-state index < -0.39 is 29.8 Å². The van der Waals surface area contributed by atoms with E-state index in [0.29, 0.717) is 31.2 Å². The first-order valence-electron chi connectivity index (χ1n) is 15.5. The van der Waals surface area contributed by atoms with Crippen LogP contribution in [0.1, 0.15) is 47.4 Å². The van der Waals surface area contributed by atoms with Gasteiger partial charge in [0.05, 0.1) is 5.92 Å². The molecule has 0 aliphatic carbocycles. The summed E-state index contributed by atoms with van der Waals surface area (Å²) < 4.78 is 0. The second kappa shape index (κ2) is 16.6. The second-order valence-corrected chi connectivity index (χ2v) is 11.5. The van der Waals surface area contributed by atoms with E-state index in [4.69, 9.17) is 28.3 Å². The minimum atomic E-state index is -0.969. The quantitative estimate of drug-likeness (QED) is 0.0558. The molecule has 244 valence electrons. The predicted molar refractivity (Wildman–Crippen MR) is 186 cm³/mol. The SMILES string of the molecule is N=C(N)c1ccc(C[C@H](C(=O)N[C@@H](CCc2ccccc2)C(=O)NC(CCCN=C(N)N)C(N)=O)c2ccc3ccccc3c2)cc1. The standard InChI is InChI=1S/C36H42N8O3/c37-32(38)26-15-12-24(13-16-26)21-29(28-18-17-25-9-4-5-10-27(25)22-28)34(46)44-31(19-14-23-7-2-1-3-8-23)35(47)43-30(33(39)45)11-6-20-42-36(40)41/h1-5,7-10,12-13,15-18,22,29-31H,6,11,14,19-21H2,(H3,37,38)(H2,39,45)(H,43,47)(H,44,46)(H4,40,41,42)/t29-,30?,31-/m0/s1. The van der Waals surface area contributed by atoms with Crippen molar-refractivity contribution >= 4 is 40.3 Å². The third-order valence-corrected chi connectivity index (χ3v) is 8.00. The third kappa shape index (κ3) is 10.1. The summed E-state index contributed by atoms with van der Waals surface area (Å²) in [7, 11) is 0. The number of nitrogens with one attached hydrogen (secondary N) is 3. The molecule has 0 aromatic heterocycles. The van der Waals surface area contributed by atoms with Gasteiger partial charge in [-0.1, -0.05) is 97.1 Å². The highest BCUT2D eigenvalue weighted by atomic mass is 16.2. The molecule has 0 heterocycles. The van der Waals surface area contributed by atoms with E-state index >= 15 is 0 Å². The lowest BCUT2D eigenvalue weighted by atomic mass is 9.89. The molecular weight excluding hydrogens is 592 g/mol. The molecule has 0 spiro atoms. The Hall–Kier alpha value is -5.71. The number of aryl methyl sites for hydroxylation is 1. The van der Waals surface area contributed by atoms with Gasteiger partial charge in [0.2, 0.25) is 17.7 Å². The highest BCUT2D eigenvalue weighted by molar-refractivity contribution is 5.95. The molecule has 0 radical (unpaired) electrons. The molecule has 0 aliphatic heterocycles. The van der Waals surface area contributed by atoms with Crippen LogP contribution in [0.5, 0.6) is 0 Å². The highest BCUT2D eigenvalue weighted by Crippen LogP contribution is 2.26. The topological polar surface area (TPSA) is 216 Å². The lowest BCUT2D eigenvalue weighted by Gasteiger charge is -2.25. The lowest BCUT2D eigenvalue weighted by molar-refractivity contribution is -0.132. The van der Waals surface area contributed by atoms with Crippen molar-refractivity contribution in [3.63, 3.8) is 0 Å². The molecule has 1 unspecified atom stereocenters. The Labute approximate surface area is 274 Å². The van der Waals surface area contributed by atoms with Crippen LogP contribution in [0.2, 0.25) is 0 Å². The first-order valence-corrected chi connectivity index (χ1v) is 15.5. The number of carbonyl (C=O) groups is 3. The van der Waals surface area contributed by atoms with Crippen LogP contribution in [0.4, 0.5) is 0 Å². The number of benzene rings is 4. The molecule has 4 aromatic rings. The number of nitrogens with zero attached hydrogens (tertiary/aromatic N) is 1. The Morgan fingerprint density at radius 2 is 1.36 bits per heavy atom. The molecule has 47 heavy (non-hydrogen) atoms. The van der Waals surface area contributed by atoms with Crippen molar-refractivity contribution in [3.05, 3.63) is 119 Å². The number of guanidine groups is 1. The summed E-state index contributed by atoms with van der Waals surface area (Å²) in [6.45, 7) is 0.275. The Morgan fingerprint density at radius 3 is 2.02 bits per heavy atom. The maximum atomic E-state index is 14.2. The normalized spacial score (nSPS) is 12.8. The second-order valence-electron chi connectivity index (χ2n) is 11.5. The molecule has 0 bridgehead atoms. The summed E-state index contributed by atoms with van der Waals surface area (Å²) in [5.41, 5.74) is 25.3. The Morgan fingerprint density at radius 1 is 0.702 bits per heavy atom. The van der Waals surface area contributed by atoms with E-state index in [9.17, 15) is 14.4 Å². The molecule has 11 heteroatoms. The summed E-state index contributed by atoms with van der Waals surface area (Å²) in [4.78, 5) is 44.1. The van der Waals surface area contributed by atoms with Crippen molar-refractivity contribution in [2.45, 2.75) is 50.1 Å². The fourth-order valence-electron chi connectivity index (χ4n) is 5.40. The number of carbonyl (C=O) groups excluding carboxylic acids is 3. The van der Waals surface area contributed by atoms with Crippen molar-refractivity contribution in [2.24, 2.45) is 27.9 Å². The van der Waals surface area contributed by atoms with Gasteiger partial charge in [-0.3, -0.25) is 24.8 Å². The van der Waals surface area contributed by atoms with Crippen LogP contribution in [0.25, 0.3) is 10.8 Å². The zero-order valence-corrected chi connectivity index (χ0v) is 26.2. The largest absolute Gasteiger partial charge is 0.384 e. The number of nitrogen functional groups attached to an aromatic ring is 1. The number of fused-ring (bicyclic) bond motifs is 1. The number of rotatable bonds is 16. The molecule has 0 fully saturated rings. The number of amidine groups is 1. The smallest absolute Gasteiger partial charge is 0.243 e. The minimum absolute atomic E-state index is 0.0434. The van der Waals surface area contributed by atoms with Crippen LogP contribution in [0.15, 0.2) is 102 Å². The summed E-state index contributed by atoms with van der Waals surface area (Å²) in [6.07, 6.45) is 1.79. The van der Waals surface area contributed by atoms with E-state index in [0.717, 1.165) is 27.5 Å². The van der Waals surface area contributed by atoms with Gasteiger partial charge in [-0.2, -0.15) is 0 Å². The molecule has 0 aliphatic rings. The van der Waals surface area contributed by atoms with Gasteiger partial charge >= 0.3 is 0 Å². The fourth-order valence-corrected chi connectivity index (χ4v) is 5.40. The average molecular weight is 635 g/mol. The van der Waals surface area contributed by atoms with Crippen LogP contribution >= 0.6 is 0 Å². The van der Waals surface area contributed by atoms with Crippen molar-refractivity contribution < 1.29 is 14.4 Å². The summed E-state index contributed by atoms with van der Waals surface area (Å²) >= 11 is 0. The molecular formula is C36H42N8O3. The van der Waals surface area contributed by atoms with Gasteiger partial charge in [-0.15, -0.1) is 0 Å². The van der Waals surface area contributed by atoms with E-state index in [1.807, 2.05) is 84.9 Å². The highest BCUT2D eigenvalue weighted by Gasteiger charge is 2.29. The first-order chi connectivity index (χ1) is 22.6. The van der Waals surface area contributed by atoms with Crippen molar-refractivity contribution in [1.82, 2.24) is 10.6 Å². The summed E-state index contributed by atoms with van der Waals surface area (Å²) in [6, 6.07) is 28.7. The number of nitrogens with two attached hydrogens (primary N) is 4. The number of hydrogen-bond donors (Lipinski definition) is 7. The minimum Gasteiger partial charge on any atom is -0.384 e. The molecule has 0 saturated heterocycles. The van der Waals surface area contributed by atoms with Gasteiger partial charge in [-0.05, 0) is 59.6 Å².